The van der Waals surface area contributed by atoms with Gasteiger partial charge < -0.3 is 14.8 Å². The van der Waals surface area contributed by atoms with Crippen molar-refractivity contribution in [1.82, 2.24) is 19.7 Å². The lowest BCUT2D eigenvalue weighted by molar-refractivity contribution is -0.137. The number of likely N-dealkylation sites (tertiary alicyclic amines) is 2. The highest BCUT2D eigenvalue weighted by Gasteiger charge is 2.32. The van der Waals surface area contributed by atoms with Crippen molar-refractivity contribution in [2.75, 3.05) is 19.6 Å². The van der Waals surface area contributed by atoms with E-state index in [0.29, 0.717) is 12.2 Å². The molecule has 1 aromatic heterocycles. The monoisotopic (exact) mass is 514 g/mol. The molecule has 0 spiro atoms. The van der Waals surface area contributed by atoms with Crippen LogP contribution >= 0.6 is 0 Å². The maximum Gasteiger partial charge on any atom is 0.416 e. The fourth-order valence-electron chi connectivity index (χ4n) is 5.34. The molecule has 196 valence electrons. The number of urea groups is 1. The van der Waals surface area contributed by atoms with Crippen LogP contribution in [0.3, 0.4) is 0 Å². The molecule has 2 aliphatic heterocycles. The van der Waals surface area contributed by atoms with Crippen LogP contribution in [-0.2, 0) is 12.7 Å². The highest BCUT2D eigenvalue weighted by molar-refractivity contribution is 5.75. The summed E-state index contributed by atoms with van der Waals surface area (Å²) in [7, 11) is 0. The predicted octanol–water partition coefficient (Wildman–Crippen LogP) is 6.15. The second kappa shape index (κ2) is 10.6. The lowest BCUT2D eigenvalue weighted by Crippen LogP contribution is -2.48. The maximum absolute atomic E-state index is 13.7. The lowest BCUT2D eigenvalue weighted by Gasteiger charge is -2.34. The van der Waals surface area contributed by atoms with Crippen LogP contribution < -0.4 is 5.32 Å². The molecule has 0 radical (unpaired) electrons. The number of amides is 2. The van der Waals surface area contributed by atoms with E-state index in [2.05, 4.69) is 10.2 Å². The first-order valence-corrected chi connectivity index (χ1v) is 12.7. The van der Waals surface area contributed by atoms with Gasteiger partial charge in [0.15, 0.2) is 0 Å². The molecule has 2 amide bonds. The number of hydrogen-bond donors (Lipinski definition) is 1. The van der Waals surface area contributed by atoms with Crippen molar-refractivity contribution >= 4 is 6.03 Å². The zero-order valence-electron chi connectivity index (χ0n) is 20.4. The predicted molar refractivity (Wildman–Crippen MR) is 133 cm³/mol. The summed E-state index contributed by atoms with van der Waals surface area (Å²) >= 11 is 0. The number of carbonyl (C=O) groups is 1. The Kier molecular flexibility index (Phi) is 7.24. The third-order valence-corrected chi connectivity index (χ3v) is 7.32. The Morgan fingerprint density at radius 3 is 2.43 bits per heavy atom. The first-order valence-electron chi connectivity index (χ1n) is 12.7. The SMILES string of the molecule is O=C(NC1CCN(Cc2ccn(-c3ccc(C(F)(F)F)cc3)c2)CC1)N1CCC[C@@H]1c1cccc(F)c1. The van der Waals surface area contributed by atoms with Crippen molar-refractivity contribution < 1.29 is 22.4 Å². The topological polar surface area (TPSA) is 40.5 Å². The van der Waals surface area contributed by atoms with Gasteiger partial charge >= 0.3 is 12.2 Å². The highest BCUT2D eigenvalue weighted by atomic mass is 19.4. The fourth-order valence-corrected chi connectivity index (χ4v) is 5.34. The Morgan fingerprint density at radius 1 is 0.973 bits per heavy atom. The molecule has 9 heteroatoms. The van der Waals surface area contributed by atoms with Crippen LogP contribution in [0.2, 0.25) is 0 Å². The molecule has 2 aliphatic rings. The molecule has 2 fully saturated rings. The number of nitrogens with one attached hydrogen (secondary N) is 1. The second-order valence-corrected chi connectivity index (χ2v) is 9.88. The van der Waals surface area contributed by atoms with Crippen LogP contribution in [0.1, 0.15) is 48.4 Å². The summed E-state index contributed by atoms with van der Waals surface area (Å²) in [5.41, 5.74) is 1.94. The van der Waals surface area contributed by atoms with Gasteiger partial charge in [-0.3, -0.25) is 4.90 Å². The van der Waals surface area contributed by atoms with Crippen LogP contribution in [0.15, 0.2) is 67.0 Å². The van der Waals surface area contributed by atoms with Crippen LogP contribution in [0.5, 0.6) is 0 Å². The summed E-state index contributed by atoms with van der Waals surface area (Å²) < 4.78 is 54.0. The normalized spacial score (nSPS) is 19.4. The molecule has 5 rings (SSSR count). The Bertz CT molecular complexity index is 1220. The standard InChI is InChI=1S/C28H30F4N4O/c29-23-4-1-3-21(17-23)26-5-2-13-36(26)27(37)33-24-11-14-34(15-12-24)18-20-10-16-35(19-20)25-8-6-22(7-9-25)28(30,31)32/h1,3-4,6-10,16-17,19,24,26H,2,5,11-15,18H2,(H,33,37)/t26-/m1/s1. The number of aromatic nitrogens is 1. The highest BCUT2D eigenvalue weighted by Crippen LogP contribution is 2.32. The smallest absolute Gasteiger partial charge is 0.335 e. The minimum Gasteiger partial charge on any atom is -0.335 e. The van der Waals surface area contributed by atoms with Crippen LogP contribution in [0.4, 0.5) is 22.4 Å². The average molecular weight is 515 g/mol. The van der Waals surface area contributed by atoms with Gasteiger partial charge in [-0.1, -0.05) is 12.1 Å². The maximum atomic E-state index is 13.7. The average Bonchev–Trinajstić information content (AvgIpc) is 3.55. The van der Waals surface area contributed by atoms with Gasteiger partial charge in [0.1, 0.15) is 5.82 Å². The van der Waals surface area contributed by atoms with Gasteiger partial charge in [-0.05, 0) is 79.3 Å². The lowest BCUT2D eigenvalue weighted by atomic mass is 10.0. The molecule has 0 aliphatic carbocycles. The molecule has 1 N–H and O–H groups in total. The van der Waals surface area contributed by atoms with Gasteiger partial charge in [0.25, 0.3) is 0 Å². The van der Waals surface area contributed by atoms with E-state index in [9.17, 15) is 22.4 Å². The Labute approximate surface area is 213 Å². The van der Waals surface area contributed by atoms with Gasteiger partial charge in [0.2, 0.25) is 0 Å². The molecule has 3 heterocycles. The summed E-state index contributed by atoms with van der Waals surface area (Å²) in [6.07, 6.45) is 2.87. The molecule has 1 atom stereocenters. The molecular formula is C28H30F4N4O. The molecule has 2 saturated heterocycles. The van der Waals surface area contributed by atoms with Gasteiger partial charge in [0.05, 0.1) is 11.6 Å². The zero-order chi connectivity index (χ0) is 26.0. The van der Waals surface area contributed by atoms with E-state index < -0.39 is 11.7 Å². The van der Waals surface area contributed by atoms with E-state index in [-0.39, 0.29) is 23.9 Å². The summed E-state index contributed by atoms with van der Waals surface area (Å²) in [5, 5.41) is 3.18. The third kappa shape index (κ3) is 5.98. The van der Waals surface area contributed by atoms with Crippen molar-refractivity contribution in [2.45, 2.75) is 50.5 Å². The Balaban J connectivity index is 1.11. The largest absolute Gasteiger partial charge is 0.416 e. The van der Waals surface area contributed by atoms with Gasteiger partial charge in [-0.25, -0.2) is 9.18 Å². The van der Waals surface area contributed by atoms with E-state index in [0.717, 1.165) is 68.6 Å². The van der Waals surface area contributed by atoms with Crippen LogP contribution in [0.25, 0.3) is 5.69 Å². The van der Waals surface area contributed by atoms with Gasteiger partial charge in [-0.2, -0.15) is 13.2 Å². The molecule has 0 bridgehead atoms. The number of carbonyl (C=O) groups excluding carboxylic acids is 1. The number of hydrogen-bond acceptors (Lipinski definition) is 2. The minimum atomic E-state index is -4.34. The van der Waals surface area contributed by atoms with E-state index >= 15 is 0 Å². The van der Waals surface area contributed by atoms with Gasteiger partial charge in [-0.15, -0.1) is 0 Å². The zero-order valence-corrected chi connectivity index (χ0v) is 20.4. The number of nitrogens with zero attached hydrogens (tertiary/aromatic N) is 3. The number of alkyl halides is 3. The minimum absolute atomic E-state index is 0.0844. The summed E-state index contributed by atoms with van der Waals surface area (Å²) in [5.74, 6) is -0.285. The van der Waals surface area contributed by atoms with E-state index in [1.165, 1.54) is 24.3 Å². The van der Waals surface area contributed by atoms with Crippen molar-refractivity contribution in [2.24, 2.45) is 0 Å². The van der Waals surface area contributed by atoms with Crippen molar-refractivity contribution in [3.8, 4) is 5.69 Å². The summed E-state index contributed by atoms with van der Waals surface area (Å²) in [4.78, 5) is 17.2. The number of piperidine rings is 1. The van der Waals surface area contributed by atoms with E-state index in [4.69, 9.17) is 0 Å². The fraction of sp³-hybridized carbons (Fsp3) is 0.393. The number of benzene rings is 2. The molecule has 3 aromatic rings. The molecule has 0 saturated carbocycles. The van der Waals surface area contributed by atoms with Crippen molar-refractivity contribution in [1.29, 1.82) is 0 Å². The molecular weight excluding hydrogens is 484 g/mol. The Morgan fingerprint density at radius 2 is 1.73 bits per heavy atom. The molecule has 2 aromatic carbocycles. The molecule has 0 unspecified atom stereocenters. The molecule has 5 nitrogen and oxygen atoms in total. The summed E-state index contributed by atoms with van der Waals surface area (Å²) in [6, 6.07) is 13.5. The quantitative estimate of drug-likeness (QED) is 0.415. The Hall–Kier alpha value is -3.33. The number of rotatable bonds is 5. The number of halogens is 4. The first-order chi connectivity index (χ1) is 17.8. The van der Waals surface area contributed by atoms with Gasteiger partial charge in [0, 0.05) is 50.3 Å². The van der Waals surface area contributed by atoms with Crippen LogP contribution in [0, 0.1) is 5.82 Å². The van der Waals surface area contributed by atoms with Crippen molar-refractivity contribution in [3.63, 3.8) is 0 Å². The van der Waals surface area contributed by atoms with E-state index in [1.54, 1.807) is 6.07 Å². The first kappa shape index (κ1) is 25.3. The van der Waals surface area contributed by atoms with Crippen LogP contribution in [-0.4, -0.2) is 46.1 Å². The summed E-state index contributed by atoms with van der Waals surface area (Å²) in [6.45, 7) is 3.08. The third-order valence-electron chi connectivity index (χ3n) is 7.32. The molecule has 37 heavy (non-hydrogen) atoms. The van der Waals surface area contributed by atoms with Crippen molar-refractivity contribution in [3.05, 3.63) is 89.5 Å². The second-order valence-electron chi connectivity index (χ2n) is 9.88. The van der Waals surface area contributed by atoms with E-state index in [1.807, 2.05) is 34.0 Å².